The lowest BCUT2D eigenvalue weighted by molar-refractivity contribution is 0.661. The molecule has 0 saturated carbocycles. The zero-order chi connectivity index (χ0) is 35.3. The Morgan fingerprint density at radius 1 is 0.283 bits per heavy atom. The Balaban J connectivity index is 0.908. The quantitative estimate of drug-likeness (QED) is 0.163. The highest BCUT2D eigenvalue weighted by atomic mass is 14.4. The number of benzene rings is 10. The monoisotopic (exact) mass is 672 g/mol. The van der Waals surface area contributed by atoms with Crippen molar-refractivity contribution in [2.75, 3.05) is 0 Å². The third kappa shape index (κ3) is 4.55. The second-order valence-electron chi connectivity index (χ2n) is 15.3. The van der Waals surface area contributed by atoms with Crippen LogP contribution in [0.5, 0.6) is 0 Å². The van der Waals surface area contributed by atoms with Crippen molar-refractivity contribution in [1.29, 1.82) is 0 Å². The fourth-order valence-corrected chi connectivity index (χ4v) is 9.25. The van der Waals surface area contributed by atoms with E-state index in [9.17, 15) is 0 Å². The lowest BCUT2D eigenvalue weighted by Crippen LogP contribution is -2.15. The molecule has 0 saturated heterocycles. The van der Waals surface area contributed by atoms with E-state index in [0.29, 0.717) is 0 Å². The van der Waals surface area contributed by atoms with E-state index < -0.39 is 0 Å². The van der Waals surface area contributed by atoms with Gasteiger partial charge in [-0.1, -0.05) is 184 Å². The fraction of sp³-hybridized carbons (Fsp3) is 0.0566. The second-order valence-corrected chi connectivity index (χ2v) is 15.3. The maximum Gasteiger partial charge on any atom is 0.0159 e. The molecule has 0 N–H and O–H groups in total. The van der Waals surface area contributed by atoms with Gasteiger partial charge in [0.2, 0.25) is 0 Å². The van der Waals surface area contributed by atoms with Gasteiger partial charge in [-0.05, 0) is 122 Å². The van der Waals surface area contributed by atoms with Crippen molar-refractivity contribution in [2.45, 2.75) is 19.3 Å². The number of rotatable bonds is 4. The van der Waals surface area contributed by atoms with E-state index in [4.69, 9.17) is 0 Å². The van der Waals surface area contributed by atoms with E-state index in [1.807, 2.05) is 0 Å². The molecule has 0 amide bonds. The first kappa shape index (κ1) is 30.2. The van der Waals surface area contributed by atoms with E-state index >= 15 is 0 Å². The van der Waals surface area contributed by atoms with E-state index in [0.717, 1.165) is 0 Å². The van der Waals surface area contributed by atoms with E-state index in [1.165, 1.54) is 110 Å². The van der Waals surface area contributed by atoms with Crippen molar-refractivity contribution in [1.82, 2.24) is 0 Å². The minimum absolute atomic E-state index is 0.110. The van der Waals surface area contributed by atoms with Gasteiger partial charge in [0.1, 0.15) is 0 Å². The minimum Gasteiger partial charge on any atom is -0.0616 e. The highest BCUT2D eigenvalue weighted by molar-refractivity contribution is 6.25. The van der Waals surface area contributed by atoms with Gasteiger partial charge in [-0.2, -0.15) is 0 Å². The van der Waals surface area contributed by atoms with Crippen LogP contribution in [0.4, 0.5) is 0 Å². The molecule has 0 nitrogen and oxygen atoms in total. The molecule has 1 aliphatic rings. The van der Waals surface area contributed by atoms with Crippen LogP contribution in [0.2, 0.25) is 0 Å². The van der Waals surface area contributed by atoms with Crippen LogP contribution < -0.4 is 0 Å². The van der Waals surface area contributed by atoms with Gasteiger partial charge in [0.15, 0.2) is 0 Å². The smallest absolute Gasteiger partial charge is 0.0159 e. The lowest BCUT2D eigenvalue weighted by Gasteiger charge is -2.22. The number of hydrogen-bond acceptors (Lipinski definition) is 0. The second kappa shape index (κ2) is 11.2. The van der Waals surface area contributed by atoms with Gasteiger partial charge in [0.25, 0.3) is 0 Å². The predicted octanol–water partition coefficient (Wildman–Crippen LogP) is 14.7. The Hall–Kier alpha value is -6.50. The molecule has 10 aromatic rings. The van der Waals surface area contributed by atoms with E-state index in [-0.39, 0.29) is 5.41 Å². The van der Waals surface area contributed by atoms with Crippen LogP contribution >= 0.6 is 0 Å². The molecule has 1 aliphatic carbocycles. The molecule has 0 heterocycles. The first-order valence-corrected chi connectivity index (χ1v) is 18.7. The Kier molecular flexibility index (Phi) is 6.40. The summed E-state index contributed by atoms with van der Waals surface area (Å²) in [6.07, 6.45) is 0. The van der Waals surface area contributed by atoms with Gasteiger partial charge in [-0.3, -0.25) is 0 Å². The summed E-state index contributed by atoms with van der Waals surface area (Å²) in [7, 11) is 0. The maximum absolute atomic E-state index is 2.43. The highest BCUT2D eigenvalue weighted by Crippen LogP contribution is 2.51. The van der Waals surface area contributed by atoms with Crippen molar-refractivity contribution in [2.24, 2.45) is 0 Å². The number of hydrogen-bond donors (Lipinski definition) is 0. The standard InChI is InChI=1S/C53H36/c1-53(2)49-31-41(33-13-17-36(18-14-33)44-12-6-8-35-7-3-4-11-43(35)44)25-28-46(49)47-29-26-42(32-50(47)53)34-15-19-37(20-16-34)45-27-23-40-22-21-38-9-5-10-39-24-30-48(45)52(40)51(38)39/h3-32H,1-2H3. The Bertz CT molecular complexity index is 3030. The molecule has 0 unspecified atom stereocenters. The van der Waals surface area contributed by atoms with Crippen molar-refractivity contribution < 1.29 is 0 Å². The topological polar surface area (TPSA) is 0 Å². The van der Waals surface area contributed by atoms with Gasteiger partial charge in [0, 0.05) is 5.41 Å². The summed E-state index contributed by atoms with van der Waals surface area (Å²) in [5.74, 6) is 0. The summed E-state index contributed by atoms with van der Waals surface area (Å²) < 4.78 is 0. The molecule has 0 aromatic heterocycles. The molecular weight excluding hydrogens is 637 g/mol. The molecule has 53 heavy (non-hydrogen) atoms. The van der Waals surface area contributed by atoms with Crippen molar-refractivity contribution in [3.63, 3.8) is 0 Å². The highest BCUT2D eigenvalue weighted by Gasteiger charge is 2.36. The van der Waals surface area contributed by atoms with Gasteiger partial charge in [-0.15, -0.1) is 0 Å². The van der Waals surface area contributed by atoms with Gasteiger partial charge in [0.05, 0.1) is 0 Å². The van der Waals surface area contributed by atoms with Crippen LogP contribution in [0.3, 0.4) is 0 Å². The predicted molar refractivity (Wildman–Crippen MR) is 227 cm³/mol. The molecule has 0 radical (unpaired) electrons. The normalized spacial score (nSPS) is 13.2. The minimum atomic E-state index is -0.110. The van der Waals surface area contributed by atoms with Crippen molar-refractivity contribution in [3.8, 4) is 55.6 Å². The molecular formula is C53H36. The molecule has 0 aliphatic heterocycles. The summed E-state index contributed by atoms with van der Waals surface area (Å²) in [5, 5.41) is 10.5. The van der Waals surface area contributed by atoms with Gasteiger partial charge in [-0.25, -0.2) is 0 Å². The van der Waals surface area contributed by atoms with E-state index in [2.05, 4.69) is 196 Å². The lowest BCUT2D eigenvalue weighted by atomic mass is 9.80. The third-order valence-corrected chi connectivity index (χ3v) is 12.1. The third-order valence-electron chi connectivity index (χ3n) is 12.1. The Morgan fingerprint density at radius 3 is 1.36 bits per heavy atom. The summed E-state index contributed by atoms with van der Waals surface area (Å²) >= 11 is 0. The summed E-state index contributed by atoms with van der Waals surface area (Å²) in [6, 6.07) is 67.9. The van der Waals surface area contributed by atoms with Crippen LogP contribution in [0.15, 0.2) is 182 Å². The average Bonchev–Trinajstić information content (AvgIpc) is 3.44. The zero-order valence-corrected chi connectivity index (χ0v) is 29.8. The first-order valence-electron chi connectivity index (χ1n) is 18.7. The van der Waals surface area contributed by atoms with Crippen LogP contribution in [-0.4, -0.2) is 0 Å². The maximum atomic E-state index is 2.43. The Morgan fingerprint density at radius 2 is 0.717 bits per heavy atom. The Labute approximate surface area is 310 Å². The number of fused-ring (bicyclic) bond motifs is 4. The van der Waals surface area contributed by atoms with Crippen LogP contribution in [-0.2, 0) is 5.41 Å². The molecule has 0 atom stereocenters. The molecule has 0 bridgehead atoms. The largest absolute Gasteiger partial charge is 0.0616 e. The molecule has 0 fully saturated rings. The summed E-state index contributed by atoms with van der Waals surface area (Å²) in [4.78, 5) is 0. The van der Waals surface area contributed by atoms with E-state index in [1.54, 1.807) is 0 Å². The molecule has 248 valence electrons. The first-order chi connectivity index (χ1) is 26.0. The zero-order valence-electron chi connectivity index (χ0n) is 29.8. The molecule has 0 heteroatoms. The fourth-order valence-electron chi connectivity index (χ4n) is 9.25. The molecule has 10 aromatic carbocycles. The average molecular weight is 673 g/mol. The van der Waals surface area contributed by atoms with Gasteiger partial charge >= 0.3 is 0 Å². The summed E-state index contributed by atoms with van der Waals surface area (Å²) in [6.45, 7) is 4.76. The van der Waals surface area contributed by atoms with Crippen molar-refractivity contribution >= 4 is 43.1 Å². The van der Waals surface area contributed by atoms with Gasteiger partial charge < -0.3 is 0 Å². The summed E-state index contributed by atoms with van der Waals surface area (Å²) in [5.41, 5.74) is 15.4. The molecule has 11 rings (SSSR count). The SMILES string of the molecule is CC1(C)c2cc(-c3ccc(-c4cccc5ccccc45)cc3)ccc2-c2ccc(-c3ccc(-c4ccc5ccc6cccc7ccc4c5c67)cc3)cc21. The van der Waals surface area contributed by atoms with Crippen LogP contribution in [0.25, 0.3) is 98.7 Å². The van der Waals surface area contributed by atoms with Crippen molar-refractivity contribution in [3.05, 3.63) is 193 Å². The molecule has 0 spiro atoms. The van der Waals surface area contributed by atoms with Crippen LogP contribution in [0.1, 0.15) is 25.0 Å². The van der Waals surface area contributed by atoms with Crippen LogP contribution in [0, 0.1) is 0 Å².